The minimum atomic E-state index is 0.161. The Balaban J connectivity index is 2.89. The Morgan fingerprint density at radius 2 is 2.21 bits per heavy atom. The quantitative estimate of drug-likeness (QED) is 0.786. The number of hydrogen-bond acceptors (Lipinski definition) is 3. The van der Waals surface area contributed by atoms with Gasteiger partial charge >= 0.3 is 0 Å². The second-order valence-corrected chi connectivity index (χ2v) is 3.77. The van der Waals surface area contributed by atoms with Gasteiger partial charge in [0.2, 0.25) is 0 Å². The Hall–Kier alpha value is -0.930. The second kappa shape index (κ2) is 5.08. The molecule has 3 heteroatoms. The van der Waals surface area contributed by atoms with Crippen molar-refractivity contribution >= 4 is 0 Å². The largest absolute Gasteiger partial charge is 0.326 e. The van der Waals surface area contributed by atoms with Gasteiger partial charge in [-0.25, -0.2) is 0 Å². The van der Waals surface area contributed by atoms with Crippen LogP contribution in [0.2, 0.25) is 0 Å². The molecule has 2 N–H and O–H groups in total. The highest BCUT2D eigenvalue weighted by molar-refractivity contribution is 5.15. The van der Waals surface area contributed by atoms with Crippen molar-refractivity contribution in [1.82, 2.24) is 9.88 Å². The fourth-order valence-electron chi connectivity index (χ4n) is 1.70. The molecule has 0 bridgehead atoms. The highest BCUT2D eigenvalue weighted by atomic mass is 15.1. The first-order valence-electron chi connectivity index (χ1n) is 4.98. The van der Waals surface area contributed by atoms with Gasteiger partial charge in [-0.1, -0.05) is 13.0 Å². The molecule has 0 aromatic carbocycles. The molecule has 1 aromatic rings. The van der Waals surface area contributed by atoms with E-state index in [4.69, 9.17) is 5.73 Å². The van der Waals surface area contributed by atoms with E-state index in [-0.39, 0.29) is 12.1 Å². The third-order valence-corrected chi connectivity index (χ3v) is 2.46. The van der Waals surface area contributed by atoms with E-state index in [1.54, 1.807) is 6.20 Å². The Bertz CT molecular complexity index is 258. The number of pyridine rings is 1. The molecule has 0 spiro atoms. The fraction of sp³-hybridized carbons (Fsp3) is 0.545. The molecular weight excluding hydrogens is 174 g/mol. The maximum Gasteiger partial charge on any atom is 0.0509 e. The van der Waals surface area contributed by atoms with Crippen molar-refractivity contribution in [1.29, 1.82) is 0 Å². The van der Waals surface area contributed by atoms with Crippen molar-refractivity contribution in [3.8, 4) is 0 Å². The van der Waals surface area contributed by atoms with Gasteiger partial charge in [0.25, 0.3) is 0 Å². The molecule has 0 amide bonds. The lowest BCUT2D eigenvalue weighted by Crippen LogP contribution is -2.36. The molecule has 14 heavy (non-hydrogen) atoms. The van der Waals surface area contributed by atoms with Gasteiger partial charge in [-0.05, 0) is 32.1 Å². The van der Waals surface area contributed by atoms with Crippen molar-refractivity contribution in [3.05, 3.63) is 30.1 Å². The summed E-state index contributed by atoms with van der Waals surface area (Å²) in [6.45, 7) is 2.11. The Morgan fingerprint density at radius 3 is 2.64 bits per heavy atom. The van der Waals surface area contributed by atoms with E-state index in [1.165, 1.54) is 5.56 Å². The van der Waals surface area contributed by atoms with E-state index < -0.39 is 0 Å². The summed E-state index contributed by atoms with van der Waals surface area (Å²) in [5, 5.41) is 0. The fourth-order valence-corrected chi connectivity index (χ4v) is 1.70. The zero-order valence-electron chi connectivity index (χ0n) is 9.14. The third-order valence-electron chi connectivity index (χ3n) is 2.46. The van der Waals surface area contributed by atoms with Crippen LogP contribution in [0.15, 0.2) is 24.5 Å². The first-order chi connectivity index (χ1) is 6.66. The molecule has 0 fully saturated rings. The van der Waals surface area contributed by atoms with Gasteiger partial charge in [-0.3, -0.25) is 4.98 Å². The number of hydrogen-bond donors (Lipinski definition) is 1. The van der Waals surface area contributed by atoms with Crippen LogP contribution in [-0.2, 0) is 0 Å². The van der Waals surface area contributed by atoms with Crippen LogP contribution in [0.25, 0.3) is 0 Å². The summed E-state index contributed by atoms with van der Waals surface area (Å²) < 4.78 is 0. The van der Waals surface area contributed by atoms with Gasteiger partial charge in [0.1, 0.15) is 0 Å². The highest BCUT2D eigenvalue weighted by Crippen LogP contribution is 2.21. The molecule has 1 aromatic heterocycles. The number of aromatic nitrogens is 1. The van der Waals surface area contributed by atoms with Crippen molar-refractivity contribution in [2.24, 2.45) is 5.73 Å². The van der Waals surface area contributed by atoms with Gasteiger partial charge in [0, 0.05) is 18.4 Å². The molecule has 2 unspecified atom stereocenters. The standard InChI is InChI=1S/C11H19N3/c1-4-10(12)11(14(2)3)9-6-5-7-13-8-9/h5-8,10-11H,4,12H2,1-3H3. The molecule has 0 saturated heterocycles. The average Bonchev–Trinajstić information content (AvgIpc) is 2.19. The van der Waals surface area contributed by atoms with Crippen molar-refractivity contribution in [3.63, 3.8) is 0 Å². The maximum atomic E-state index is 6.08. The van der Waals surface area contributed by atoms with Crippen molar-refractivity contribution in [2.75, 3.05) is 14.1 Å². The van der Waals surface area contributed by atoms with E-state index in [1.807, 2.05) is 26.4 Å². The Kier molecular flexibility index (Phi) is 4.04. The lowest BCUT2D eigenvalue weighted by Gasteiger charge is -2.29. The van der Waals surface area contributed by atoms with Crippen molar-refractivity contribution < 1.29 is 0 Å². The van der Waals surface area contributed by atoms with E-state index in [0.717, 1.165) is 6.42 Å². The summed E-state index contributed by atoms with van der Waals surface area (Å²) in [6, 6.07) is 4.45. The molecular formula is C11H19N3. The summed E-state index contributed by atoms with van der Waals surface area (Å²) in [7, 11) is 4.10. The first-order valence-corrected chi connectivity index (χ1v) is 4.98. The van der Waals surface area contributed by atoms with E-state index in [9.17, 15) is 0 Å². The van der Waals surface area contributed by atoms with Gasteiger partial charge in [-0.15, -0.1) is 0 Å². The van der Waals surface area contributed by atoms with Gasteiger partial charge < -0.3 is 10.6 Å². The minimum absolute atomic E-state index is 0.161. The monoisotopic (exact) mass is 193 g/mol. The zero-order chi connectivity index (χ0) is 10.6. The summed E-state index contributed by atoms with van der Waals surface area (Å²) >= 11 is 0. The number of nitrogens with two attached hydrogens (primary N) is 1. The molecule has 1 heterocycles. The summed E-state index contributed by atoms with van der Waals surface area (Å²) in [4.78, 5) is 6.27. The third kappa shape index (κ3) is 2.53. The molecule has 0 aliphatic carbocycles. The van der Waals surface area contributed by atoms with E-state index >= 15 is 0 Å². The van der Waals surface area contributed by atoms with Crippen LogP contribution in [0.1, 0.15) is 24.9 Å². The van der Waals surface area contributed by atoms with Gasteiger partial charge in [0.15, 0.2) is 0 Å². The first kappa shape index (κ1) is 11.1. The van der Waals surface area contributed by atoms with Crippen LogP contribution in [0.4, 0.5) is 0 Å². The predicted molar refractivity (Wildman–Crippen MR) is 58.9 cm³/mol. The van der Waals surface area contributed by atoms with Crippen LogP contribution < -0.4 is 5.73 Å². The SMILES string of the molecule is CCC(N)C(c1cccnc1)N(C)C. The van der Waals surface area contributed by atoms with E-state index in [0.29, 0.717) is 0 Å². The van der Waals surface area contributed by atoms with E-state index in [2.05, 4.69) is 22.9 Å². The normalized spacial score (nSPS) is 15.5. The van der Waals surface area contributed by atoms with Gasteiger partial charge in [-0.2, -0.15) is 0 Å². The molecule has 0 aliphatic rings. The molecule has 1 rings (SSSR count). The Morgan fingerprint density at radius 1 is 1.50 bits per heavy atom. The molecule has 0 saturated carbocycles. The topological polar surface area (TPSA) is 42.1 Å². The molecule has 2 atom stereocenters. The Labute approximate surface area is 85.9 Å². The highest BCUT2D eigenvalue weighted by Gasteiger charge is 2.20. The molecule has 3 nitrogen and oxygen atoms in total. The lowest BCUT2D eigenvalue weighted by molar-refractivity contribution is 0.253. The predicted octanol–water partition coefficient (Wildman–Crippen LogP) is 1.42. The molecule has 0 aliphatic heterocycles. The smallest absolute Gasteiger partial charge is 0.0509 e. The van der Waals surface area contributed by atoms with Crippen LogP contribution in [0.5, 0.6) is 0 Å². The second-order valence-electron chi connectivity index (χ2n) is 3.77. The zero-order valence-corrected chi connectivity index (χ0v) is 9.14. The summed E-state index contributed by atoms with van der Waals surface area (Å²) in [5.74, 6) is 0. The average molecular weight is 193 g/mol. The van der Waals surface area contributed by atoms with Crippen molar-refractivity contribution in [2.45, 2.75) is 25.4 Å². The molecule has 0 radical (unpaired) electrons. The minimum Gasteiger partial charge on any atom is -0.326 e. The van der Waals surface area contributed by atoms with Gasteiger partial charge in [0.05, 0.1) is 6.04 Å². The summed E-state index contributed by atoms with van der Waals surface area (Å²) in [5.41, 5.74) is 7.27. The number of rotatable bonds is 4. The maximum absolute atomic E-state index is 6.08. The van der Waals surface area contributed by atoms with Crippen LogP contribution in [-0.4, -0.2) is 30.0 Å². The van der Waals surface area contributed by atoms with Crippen LogP contribution >= 0.6 is 0 Å². The van der Waals surface area contributed by atoms with Crippen LogP contribution in [0.3, 0.4) is 0 Å². The van der Waals surface area contributed by atoms with Crippen LogP contribution in [0, 0.1) is 0 Å². The summed E-state index contributed by atoms with van der Waals surface area (Å²) in [6.07, 6.45) is 4.64. The number of likely N-dealkylation sites (N-methyl/N-ethyl adjacent to an activating group) is 1. The molecule has 78 valence electrons. The lowest BCUT2D eigenvalue weighted by atomic mass is 9.99. The number of nitrogens with zero attached hydrogens (tertiary/aromatic N) is 2.